The summed E-state index contributed by atoms with van der Waals surface area (Å²) in [5.74, 6) is -0.106. The van der Waals surface area contributed by atoms with Gasteiger partial charge in [0.2, 0.25) is 0 Å². The third-order valence-electron chi connectivity index (χ3n) is 3.21. The van der Waals surface area contributed by atoms with Gasteiger partial charge in [0, 0.05) is 22.4 Å². The number of rotatable bonds is 3. The molecule has 0 unspecified atom stereocenters. The summed E-state index contributed by atoms with van der Waals surface area (Å²) in [5.41, 5.74) is 1.60. The highest BCUT2D eigenvalue weighted by molar-refractivity contribution is 9.10. The molecule has 6 heteroatoms. The molecule has 0 aliphatic heterocycles. The minimum atomic E-state index is -0.219. The molecule has 0 saturated heterocycles. The molecule has 0 aliphatic rings. The van der Waals surface area contributed by atoms with Crippen molar-refractivity contribution >= 4 is 27.2 Å². The van der Waals surface area contributed by atoms with Gasteiger partial charge in [0.15, 0.2) is 5.78 Å². The Morgan fingerprint density at radius 1 is 1.24 bits per heavy atom. The summed E-state index contributed by atoms with van der Waals surface area (Å²) < 4.78 is 3.84. The minimum absolute atomic E-state index is 0.0151. The van der Waals surface area contributed by atoms with Crippen LogP contribution in [0.5, 0.6) is 0 Å². The summed E-state index contributed by atoms with van der Waals surface area (Å²) in [4.78, 5) is 24.5. The van der Waals surface area contributed by atoms with E-state index in [9.17, 15) is 9.59 Å². The Hall–Kier alpha value is -2.21. The quantitative estimate of drug-likeness (QED) is 0.685. The third kappa shape index (κ3) is 2.67. The number of fused-ring (bicyclic) bond motifs is 1. The van der Waals surface area contributed by atoms with Crippen molar-refractivity contribution in [2.24, 2.45) is 0 Å². The molecule has 3 aromatic rings. The lowest BCUT2D eigenvalue weighted by Gasteiger charge is -2.05. The molecule has 0 amide bonds. The highest BCUT2D eigenvalue weighted by atomic mass is 79.9. The van der Waals surface area contributed by atoms with E-state index in [1.165, 1.54) is 9.08 Å². The number of benzene rings is 1. The van der Waals surface area contributed by atoms with Crippen molar-refractivity contribution < 1.29 is 4.79 Å². The molecule has 5 nitrogen and oxygen atoms in total. The van der Waals surface area contributed by atoms with E-state index in [4.69, 9.17) is 0 Å². The molecule has 0 fully saturated rings. The summed E-state index contributed by atoms with van der Waals surface area (Å²) in [6.45, 7) is 1.84. The van der Waals surface area contributed by atoms with Gasteiger partial charge in [0.1, 0.15) is 5.52 Å². The van der Waals surface area contributed by atoms with E-state index in [-0.39, 0.29) is 17.9 Å². The molecule has 0 saturated carbocycles. The normalized spacial score (nSPS) is 11.0. The molecule has 0 bridgehead atoms. The van der Waals surface area contributed by atoms with Gasteiger partial charge in [-0.15, -0.1) is 0 Å². The Bertz CT molecular complexity index is 878. The van der Waals surface area contributed by atoms with Crippen LogP contribution in [0.15, 0.2) is 52.0 Å². The summed E-state index contributed by atoms with van der Waals surface area (Å²) in [5, 5.41) is 4.18. The Morgan fingerprint density at radius 2 is 1.95 bits per heavy atom. The number of hydrogen-bond acceptors (Lipinski definition) is 3. The lowest BCUT2D eigenvalue weighted by molar-refractivity contribution is 0.0971. The zero-order chi connectivity index (χ0) is 15.0. The molecule has 0 atom stereocenters. The molecule has 0 spiro atoms. The van der Waals surface area contributed by atoms with Crippen LogP contribution < -0.4 is 5.56 Å². The van der Waals surface area contributed by atoms with Crippen molar-refractivity contribution in [2.45, 2.75) is 13.5 Å². The number of Topliss-reactive ketones (excluding diaryl/α,β-unsaturated/α-hetero) is 1. The summed E-state index contributed by atoms with van der Waals surface area (Å²) in [6, 6.07) is 8.79. The SMILES string of the molecule is Cc1cc2c(=O)n(CC(=O)c3ccc(Br)cc3)ccn2n1. The molecule has 0 aliphatic carbocycles. The Balaban J connectivity index is 1.94. The van der Waals surface area contributed by atoms with E-state index < -0.39 is 0 Å². The fourth-order valence-corrected chi connectivity index (χ4v) is 2.42. The van der Waals surface area contributed by atoms with Crippen LogP contribution in [0.2, 0.25) is 0 Å². The number of halogens is 1. The van der Waals surface area contributed by atoms with Gasteiger partial charge >= 0.3 is 0 Å². The van der Waals surface area contributed by atoms with Crippen LogP contribution in [0.25, 0.3) is 5.52 Å². The molecule has 21 heavy (non-hydrogen) atoms. The summed E-state index contributed by atoms with van der Waals surface area (Å²) >= 11 is 3.33. The maximum atomic E-state index is 12.3. The van der Waals surface area contributed by atoms with E-state index in [2.05, 4.69) is 21.0 Å². The van der Waals surface area contributed by atoms with Gasteiger partial charge in [0.05, 0.1) is 12.2 Å². The molecule has 2 aromatic heterocycles. The van der Waals surface area contributed by atoms with E-state index >= 15 is 0 Å². The monoisotopic (exact) mass is 345 g/mol. The average molecular weight is 346 g/mol. The van der Waals surface area contributed by atoms with Crippen LogP contribution in [-0.4, -0.2) is 20.0 Å². The first-order valence-corrected chi connectivity index (χ1v) is 7.18. The second-order valence-electron chi connectivity index (χ2n) is 4.78. The predicted octanol–water partition coefficient (Wildman–Crippen LogP) is 2.45. The van der Waals surface area contributed by atoms with Crippen LogP contribution in [0, 0.1) is 6.92 Å². The predicted molar refractivity (Wildman–Crippen MR) is 82.7 cm³/mol. The van der Waals surface area contributed by atoms with Crippen LogP contribution >= 0.6 is 15.9 Å². The number of hydrogen-bond donors (Lipinski definition) is 0. The smallest absolute Gasteiger partial charge is 0.276 e. The molecular formula is C15H12BrN3O2. The average Bonchev–Trinajstić information content (AvgIpc) is 2.84. The van der Waals surface area contributed by atoms with E-state index in [1.807, 2.05) is 6.92 Å². The molecule has 106 valence electrons. The number of aromatic nitrogens is 3. The van der Waals surface area contributed by atoms with Crippen molar-refractivity contribution in [3.8, 4) is 0 Å². The minimum Gasteiger partial charge on any atom is -0.304 e. The van der Waals surface area contributed by atoms with Crippen molar-refractivity contribution in [3.05, 3.63) is 68.8 Å². The lowest BCUT2D eigenvalue weighted by Crippen LogP contribution is -2.25. The number of carbonyl (C=O) groups is 1. The van der Waals surface area contributed by atoms with Crippen LogP contribution in [0.1, 0.15) is 16.1 Å². The first-order chi connectivity index (χ1) is 10.0. The van der Waals surface area contributed by atoms with E-state index in [1.54, 1.807) is 42.7 Å². The zero-order valence-electron chi connectivity index (χ0n) is 11.3. The lowest BCUT2D eigenvalue weighted by atomic mass is 10.1. The molecule has 2 heterocycles. The van der Waals surface area contributed by atoms with Gasteiger partial charge in [-0.2, -0.15) is 5.10 Å². The summed E-state index contributed by atoms with van der Waals surface area (Å²) in [7, 11) is 0. The van der Waals surface area contributed by atoms with E-state index in [0.717, 1.165) is 10.2 Å². The van der Waals surface area contributed by atoms with Crippen molar-refractivity contribution in [1.82, 2.24) is 14.2 Å². The molecule has 0 N–H and O–H groups in total. The zero-order valence-corrected chi connectivity index (χ0v) is 12.9. The number of ketones is 1. The van der Waals surface area contributed by atoms with Crippen LogP contribution in [0.3, 0.4) is 0 Å². The summed E-state index contributed by atoms with van der Waals surface area (Å²) in [6.07, 6.45) is 3.26. The van der Waals surface area contributed by atoms with Gasteiger partial charge in [0.25, 0.3) is 5.56 Å². The van der Waals surface area contributed by atoms with Crippen LogP contribution in [-0.2, 0) is 6.54 Å². The fourth-order valence-electron chi connectivity index (χ4n) is 2.15. The van der Waals surface area contributed by atoms with Crippen LogP contribution in [0.4, 0.5) is 0 Å². The molecule has 3 rings (SSSR count). The fraction of sp³-hybridized carbons (Fsp3) is 0.133. The van der Waals surface area contributed by atoms with Crippen molar-refractivity contribution in [2.75, 3.05) is 0 Å². The number of aryl methyl sites for hydroxylation is 1. The van der Waals surface area contributed by atoms with Gasteiger partial charge < -0.3 is 4.57 Å². The molecule has 0 radical (unpaired) electrons. The standard InChI is InChI=1S/C15H12BrN3O2/c1-10-8-13-15(21)18(6-7-19(13)17-10)9-14(20)11-2-4-12(16)5-3-11/h2-8H,9H2,1H3. The second kappa shape index (κ2) is 5.29. The first-order valence-electron chi connectivity index (χ1n) is 6.39. The van der Waals surface area contributed by atoms with Gasteiger partial charge in [-0.3, -0.25) is 9.59 Å². The maximum absolute atomic E-state index is 12.3. The molecule has 1 aromatic carbocycles. The van der Waals surface area contributed by atoms with Crippen molar-refractivity contribution in [3.63, 3.8) is 0 Å². The largest absolute Gasteiger partial charge is 0.304 e. The highest BCUT2D eigenvalue weighted by Crippen LogP contribution is 2.11. The maximum Gasteiger partial charge on any atom is 0.276 e. The Kier molecular flexibility index (Phi) is 3.47. The van der Waals surface area contributed by atoms with E-state index in [0.29, 0.717) is 11.1 Å². The third-order valence-corrected chi connectivity index (χ3v) is 3.73. The highest BCUT2D eigenvalue weighted by Gasteiger charge is 2.10. The second-order valence-corrected chi connectivity index (χ2v) is 5.69. The van der Waals surface area contributed by atoms with Crippen molar-refractivity contribution in [1.29, 1.82) is 0 Å². The topological polar surface area (TPSA) is 56.4 Å². The first kappa shape index (κ1) is 13.8. The molecular weight excluding hydrogens is 334 g/mol. The van der Waals surface area contributed by atoms with Gasteiger partial charge in [-0.1, -0.05) is 28.1 Å². The van der Waals surface area contributed by atoms with Gasteiger partial charge in [-0.05, 0) is 25.1 Å². The Labute approximate surface area is 129 Å². The number of nitrogens with zero attached hydrogens (tertiary/aromatic N) is 3. The van der Waals surface area contributed by atoms with Gasteiger partial charge in [-0.25, -0.2) is 4.52 Å². The number of carbonyl (C=O) groups excluding carboxylic acids is 1. The Morgan fingerprint density at radius 3 is 2.67 bits per heavy atom.